The SMILES string of the molecule is C=C(NC=O)c1cc(Cl)ccc1OCC(=O)Nc1nc(N)c(=O)n(CC)c1C. The Kier molecular flexibility index (Phi) is 6.78. The number of hydrogen-bond donors (Lipinski definition) is 3. The number of halogens is 1. The molecule has 2 amide bonds. The third-order valence-corrected chi connectivity index (χ3v) is 4.11. The number of carbonyl (C=O) groups excluding carboxylic acids is 2. The predicted molar refractivity (Wildman–Crippen MR) is 107 cm³/mol. The zero-order chi connectivity index (χ0) is 20.8. The van der Waals surface area contributed by atoms with Gasteiger partial charge in [-0.3, -0.25) is 14.4 Å². The van der Waals surface area contributed by atoms with Crippen LogP contribution in [-0.2, 0) is 16.1 Å². The molecule has 0 saturated carbocycles. The highest BCUT2D eigenvalue weighted by Gasteiger charge is 2.15. The summed E-state index contributed by atoms with van der Waals surface area (Å²) in [4.78, 5) is 38.8. The van der Waals surface area contributed by atoms with Gasteiger partial charge in [-0.05, 0) is 32.0 Å². The van der Waals surface area contributed by atoms with Crippen molar-refractivity contribution in [1.82, 2.24) is 14.9 Å². The average molecular weight is 406 g/mol. The number of amides is 2. The number of carbonyl (C=O) groups is 2. The molecule has 9 nitrogen and oxygen atoms in total. The molecule has 148 valence electrons. The molecule has 0 unspecified atom stereocenters. The van der Waals surface area contributed by atoms with Gasteiger partial charge in [0.25, 0.3) is 11.5 Å². The van der Waals surface area contributed by atoms with Crippen LogP contribution in [0.4, 0.5) is 11.6 Å². The molecule has 28 heavy (non-hydrogen) atoms. The van der Waals surface area contributed by atoms with Crippen molar-refractivity contribution in [3.8, 4) is 5.75 Å². The van der Waals surface area contributed by atoms with Crippen molar-refractivity contribution < 1.29 is 14.3 Å². The van der Waals surface area contributed by atoms with Crippen LogP contribution in [0, 0.1) is 6.92 Å². The Balaban J connectivity index is 2.16. The monoisotopic (exact) mass is 405 g/mol. The van der Waals surface area contributed by atoms with Gasteiger partial charge in [0.05, 0.1) is 5.69 Å². The van der Waals surface area contributed by atoms with Crippen molar-refractivity contribution in [3.05, 3.63) is 51.4 Å². The van der Waals surface area contributed by atoms with Crippen molar-refractivity contribution in [2.75, 3.05) is 17.7 Å². The van der Waals surface area contributed by atoms with Crippen LogP contribution in [0.3, 0.4) is 0 Å². The number of anilines is 2. The van der Waals surface area contributed by atoms with E-state index in [0.717, 1.165) is 0 Å². The van der Waals surface area contributed by atoms with Crippen molar-refractivity contribution in [2.24, 2.45) is 0 Å². The Morgan fingerprint density at radius 1 is 1.46 bits per heavy atom. The highest BCUT2D eigenvalue weighted by molar-refractivity contribution is 6.30. The van der Waals surface area contributed by atoms with Gasteiger partial charge >= 0.3 is 0 Å². The average Bonchev–Trinajstić information content (AvgIpc) is 2.65. The Labute approximate surface area is 166 Å². The van der Waals surface area contributed by atoms with Gasteiger partial charge in [-0.2, -0.15) is 0 Å². The minimum atomic E-state index is -0.508. The van der Waals surface area contributed by atoms with Crippen molar-refractivity contribution in [3.63, 3.8) is 0 Å². The second-order valence-corrected chi connectivity index (χ2v) is 6.13. The van der Waals surface area contributed by atoms with Crippen molar-refractivity contribution in [1.29, 1.82) is 0 Å². The van der Waals surface area contributed by atoms with Crippen molar-refractivity contribution in [2.45, 2.75) is 20.4 Å². The third kappa shape index (κ3) is 4.68. The Hall–Kier alpha value is -3.33. The molecule has 0 aliphatic heterocycles. The summed E-state index contributed by atoms with van der Waals surface area (Å²) in [6.45, 7) is 7.19. The highest BCUT2D eigenvalue weighted by Crippen LogP contribution is 2.27. The van der Waals surface area contributed by atoms with E-state index in [9.17, 15) is 14.4 Å². The largest absolute Gasteiger partial charge is 0.483 e. The van der Waals surface area contributed by atoms with E-state index in [2.05, 4.69) is 22.2 Å². The van der Waals surface area contributed by atoms with Gasteiger partial charge in [-0.1, -0.05) is 18.2 Å². The van der Waals surface area contributed by atoms with Crippen LogP contribution in [0.25, 0.3) is 5.70 Å². The van der Waals surface area contributed by atoms with Crippen LogP contribution in [0.5, 0.6) is 5.75 Å². The molecule has 1 aromatic heterocycles. The number of rotatable bonds is 8. The molecule has 0 saturated heterocycles. The molecular formula is C18H20ClN5O4. The standard InChI is InChI=1S/C18H20ClN5O4/c1-4-24-11(3)17(23-16(20)18(24)27)22-15(26)8-28-14-6-5-12(19)7-13(14)10(2)21-9-25/h5-7,9H,2,4,8H2,1,3H3,(H2,20,23)(H,21,25)(H,22,26). The summed E-state index contributed by atoms with van der Waals surface area (Å²) in [7, 11) is 0. The summed E-state index contributed by atoms with van der Waals surface area (Å²) in [6.07, 6.45) is 0.473. The molecule has 0 radical (unpaired) electrons. The summed E-state index contributed by atoms with van der Waals surface area (Å²) >= 11 is 5.96. The van der Waals surface area contributed by atoms with E-state index in [-0.39, 0.29) is 23.9 Å². The molecule has 10 heteroatoms. The van der Waals surface area contributed by atoms with Crippen LogP contribution in [0.2, 0.25) is 5.02 Å². The fourth-order valence-electron chi connectivity index (χ4n) is 2.49. The predicted octanol–water partition coefficient (Wildman–Crippen LogP) is 1.54. The van der Waals surface area contributed by atoms with Crippen LogP contribution in [0.1, 0.15) is 18.2 Å². The molecule has 2 aromatic rings. The molecule has 0 spiro atoms. The zero-order valence-electron chi connectivity index (χ0n) is 15.4. The maximum atomic E-state index is 12.3. The lowest BCUT2D eigenvalue weighted by molar-refractivity contribution is -0.118. The van der Waals surface area contributed by atoms with E-state index in [1.807, 2.05) is 0 Å². The quantitative estimate of drug-likeness (QED) is 0.571. The Bertz CT molecular complexity index is 987. The molecule has 4 N–H and O–H groups in total. The first kappa shape index (κ1) is 21.0. The van der Waals surface area contributed by atoms with E-state index in [1.54, 1.807) is 32.0 Å². The Morgan fingerprint density at radius 2 is 2.18 bits per heavy atom. The number of ether oxygens (including phenoxy) is 1. The molecule has 1 heterocycles. The summed E-state index contributed by atoms with van der Waals surface area (Å²) < 4.78 is 6.94. The third-order valence-electron chi connectivity index (χ3n) is 3.88. The van der Waals surface area contributed by atoms with Gasteiger partial charge in [-0.15, -0.1) is 0 Å². The van der Waals surface area contributed by atoms with E-state index in [1.165, 1.54) is 4.57 Å². The fourth-order valence-corrected chi connectivity index (χ4v) is 2.66. The minimum Gasteiger partial charge on any atom is -0.483 e. The summed E-state index contributed by atoms with van der Waals surface area (Å²) in [5, 5.41) is 5.41. The van der Waals surface area contributed by atoms with E-state index in [4.69, 9.17) is 22.1 Å². The molecule has 0 atom stereocenters. The number of aromatic nitrogens is 2. The summed E-state index contributed by atoms with van der Waals surface area (Å²) in [6, 6.07) is 4.69. The first-order valence-corrected chi connectivity index (χ1v) is 8.64. The molecule has 0 fully saturated rings. The van der Waals surface area contributed by atoms with Gasteiger partial charge < -0.3 is 25.7 Å². The molecule has 0 bridgehead atoms. The van der Waals surface area contributed by atoms with E-state index < -0.39 is 11.5 Å². The van der Waals surface area contributed by atoms with Crippen LogP contribution < -0.4 is 26.7 Å². The van der Waals surface area contributed by atoms with Gasteiger partial charge in [0.2, 0.25) is 6.41 Å². The van der Waals surface area contributed by atoms with E-state index >= 15 is 0 Å². The smallest absolute Gasteiger partial charge is 0.293 e. The number of nitrogens with one attached hydrogen (secondary N) is 2. The lowest BCUT2D eigenvalue weighted by Gasteiger charge is -2.15. The first-order valence-electron chi connectivity index (χ1n) is 8.27. The molecular weight excluding hydrogens is 386 g/mol. The van der Waals surface area contributed by atoms with Crippen LogP contribution in [-0.4, -0.2) is 28.5 Å². The summed E-state index contributed by atoms with van der Waals surface area (Å²) in [5.41, 5.74) is 6.39. The number of nitrogen functional groups attached to an aromatic ring is 1. The lowest BCUT2D eigenvalue weighted by atomic mass is 10.1. The number of nitrogens with two attached hydrogens (primary N) is 1. The highest BCUT2D eigenvalue weighted by atomic mass is 35.5. The molecule has 2 rings (SSSR count). The van der Waals surface area contributed by atoms with E-state index in [0.29, 0.717) is 35.0 Å². The number of benzene rings is 1. The van der Waals surface area contributed by atoms with Crippen LogP contribution in [0.15, 0.2) is 29.6 Å². The maximum Gasteiger partial charge on any atom is 0.293 e. The normalized spacial score (nSPS) is 10.2. The van der Waals surface area contributed by atoms with Gasteiger partial charge in [0.1, 0.15) is 5.75 Å². The second kappa shape index (κ2) is 9.05. The zero-order valence-corrected chi connectivity index (χ0v) is 16.2. The van der Waals surface area contributed by atoms with Crippen molar-refractivity contribution >= 4 is 41.3 Å². The van der Waals surface area contributed by atoms with Gasteiger partial charge in [-0.25, -0.2) is 4.98 Å². The first-order chi connectivity index (χ1) is 13.3. The number of nitrogens with zero attached hydrogens (tertiary/aromatic N) is 2. The van der Waals surface area contributed by atoms with Gasteiger partial charge in [0, 0.05) is 22.8 Å². The molecule has 0 aliphatic carbocycles. The lowest BCUT2D eigenvalue weighted by Crippen LogP contribution is -2.29. The topological polar surface area (TPSA) is 128 Å². The molecule has 0 aliphatic rings. The molecule has 1 aromatic carbocycles. The second-order valence-electron chi connectivity index (χ2n) is 5.70. The maximum absolute atomic E-state index is 12.3. The van der Waals surface area contributed by atoms with Crippen LogP contribution >= 0.6 is 11.6 Å². The summed E-state index contributed by atoms with van der Waals surface area (Å²) in [5.74, 6) is -0.233. The minimum absolute atomic E-state index is 0.177. The number of hydrogen-bond acceptors (Lipinski definition) is 6. The Morgan fingerprint density at radius 3 is 2.82 bits per heavy atom. The van der Waals surface area contributed by atoms with Gasteiger partial charge in [0.15, 0.2) is 18.2 Å². The fraction of sp³-hybridized carbons (Fsp3) is 0.222.